The molecule has 3 aromatic rings. The highest BCUT2D eigenvalue weighted by Crippen LogP contribution is 2.45. The summed E-state index contributed by atoms with van der Waals surface area (Å²) in [5, 5.41) is 0. The lowest BCUT2D eigenvalue weighted by molar-refractivity contribution is -0.118. The molecule has 0 aromatic heterocycles. The second-order valence-electron chi connectivity index (χ2n) is 11.1. The maximum Gasteiger partial charge on any atom is 0.332 e. The van der Waals surface area contributed by atoms with Crippen LogP contribution in [0, 0.1) is 29.1 Å². The van der Waals surface area contributed by atoms with Crippen LogP contribution in [0.5, 0.6) is 0 Å². The fourth-order valence-corrected chi connectivity index (χ4v) is 7.82. The van der Waals surface area contributed by atoms with Crippen LogP contribution in [0.4, 0.5) is 27.6 Å². The van der Waals surface area contributed by atoms with Gasteiger partial charge in [0.15, 0.2) is 28.2 Å². The SMILES string of the molecule is CCOP(=O)(O)Cc1ccc(N(Cc2ccc(C3CCCCC3)cc2)C(=O)CN(C)S(=O)(=O)c2c(F)c(F)c(F)c(F)c2F)cc1. The van der Waals surface area contributed by atoms with Gasteiger partial charge in [0.25, 0.3) is 0 Å². The average Bonchev–Trinajstić information content (AvgIpc) is 3.02. The fourth-order valence-electron chi connectivity index (χ4n) is 5.42. The molecule has 0 bridgehead atoms. The van der Waals surface area contributed by atoms with Crippen molar-refractivity contribution >= 4 is 29.2 Å². The quantitative estimate of drug-likeness (QED) is 0.0951. The average molecular weight is 689 g/mol. The van der Waals surface area contributed by atoms with E-state index in [1.807, 2.05) is 24.3 Å². The highest BCUT2D eigenvalue weighted by atomic mass is 32.2. The summed E-state index contributed by atoms with van der Waals surface area (Å²) in [4.78, 5) is 22.7. The Morgan fingerprint density at radius 3 is 1.93 bits per heavy atom. The maximum atomic E-state index is 14.4. The number of anilines is 1. The van der Waals surface area contributed by atoms with E-state index in [1.54, 1.807) is 6.92 Å². The van der Waals surface area contributed by atoms with Crippen LogP contribution < -0.4 is 4.90 Å². The molecule has 0 spiro atoms. The predicted molar refractivity (Wildman–Crippen MR) is 161 cm³/mol. The Balaban J connectivity index is 1.63. The largest absolute Gasteiger partial charge is 0.332 e. The van der Waals surface area contributed by atoms with E-state index in [9.17, 15) is 44.6 Å². The number of sulfonamides is 1. The lowest BCUT2D eigenvalue weighted by atomic mass is 9.84. The smallest absolute Gasteiger partial charge is 0.324 e. The summed E-state index contributed by atoms with van der Waals surface area (Å²) in [5.41, 5.74) is 2.48. The maximum absolute atomic E-state index is 14.4. The number of hydrogen-bond acceptors (Lipinski definition) is 5. The van der Waals surface area contributed by atoms with Crippen LogP contribution in [-0.2, 0) is 36.6 Å². The van der Waals surface area contributed by atoms with Crippen molar-refractivity contribution in [3.05, 3.63) is 94.3 Å². The molecule has 1 amide bonds. The number of amides is 1. The predicted octanol–water partition coefficient (Wildman–Crippen LogP) is 7.01. The Labute approximate surface area is 264 Å². The molecule has 1 aliphatic carbocycles. The third kappa shape index (κ3) is 8.03. The van der Waals surface area contributed by atoms with Crippen LogP contribution in [0.25, 0.3) is 0 Å². The fraction of sp³-hybridized carbons (Fsp3) is 0.387. The summed E-state index contributed by atoms with van der Waals surface area (Å²) < 4.78 is 113. The first-order chi connectivity index (χ1) is 21.7. The van der Waals surface area contributed by atoms with E-state index in [-0.39, 0.29) is 29.3 Å². The zero-order valence-corrected chi connectivity index (χ0v) is 26.9. The molecule has 1 aliphatic rings. The Hall–Kier alpha value is -3.16. The first kappa shape index (κ1) is 35.7. The van der Waals surface area contributed by atoms with Crippen molar-refractivity contribution in [2.75, 3.05) is 25.1 Å². The number of halogens is 5. The van der Waals surface area contributed by atoms with Gasteiger partial charge in [0.1, 0.15) is 0 Å². The van der Waals surface area contributed by atoms with Gasteiger partial charge in [0, 0.05) is 12.7 Å². The topological polar surface area (TPSA) is 104 Å². The molecule has 1 fully saturated rings. The standard InChI is InChI=1S/C31H34F5N2O6PS/c1-3-44-45(40,41)19-21-11-15-24(16-12-21)38(17-20-9-13-23(14-10-20)22-7-5-4-6-8-22)25(39)18-37(2)46(42,43)31-29(35)27(33)26(32)28(34)30(31)36/h9-16,22H,3-8,17-19H2,1-2H3,(H,40,41). The number of nitrogens with zero attached hydrogens (tertiary/aromatic N) is 2. The number of benzene rings is 3. The minimum atomic E-state index is -5.38. The third-order valence-corrected chi connectivity index (χ3v) is 11.1. The van der Waals surface area contributed by atoms with E-state index in [0.717, 1.165) is 38.3 Å². The van der Waals surface area contributed by atoms with E-state index < -0.39 is 64.1 Å². The number of hydrogen-bond donors (Lipinski definition) is 1. The van der Waals surface area contributed by atoms with E-state index in [2.05, 4.69) is 0 Å². The van der Waals surface area contributed by atoms with Crippen molar-refractivity contribution in [1.82, 2.24) is 4.31 Å². The molecule has 8 nitrogen and oxygen atoms in total. The second kappa shape index (κ2) is 14.7. The Bertz CT molecular complexity index is 1690. The van der Waals surface area contributed by atoms with Gasteiger partial charge < -0.3 is 14.3 Å². The van der Waals surface area contributed by atoms with Crippen LogP contribution in [0.3, 0.4) is 0 Å². The van der Waals surface area contributed by atoms with Crippen molar-refractivity contribution in [2.45, 2.75) is 62.5 Å². The van der Waals surface area contributed by atoms with Gasteiger partial charge in [-0.3, -0.25) is 9.36 Å². The number of carbonyl (C=O) groups is 1. The van der Waals surface area contributed by atoms with Crippen LogP contribution in [0.2, 0.25) is 0 Å². The molecule has 1 atom stereocenters. The lowest BCUT2D eigenvalue weighted by Gasteiger charge is -2.27. The first-order valence-corrected chi connectivity index (χ1v) is 17.8. The molecule has 0 radical (unpaired) electrons. The molecular weight excluding hydrogens is 654 g/mol. The van der Waals surface area contributed by atoms with Crippen LogP contribution in [0.15, 0.2) is 53.4 Å². The summed E-state index contributed by atoms with van der Waals surface area (Å²) in [7, 11) is -8.53. The highest BCUT2D eigenvalue weighted by molar-refractivity contribution is 7.89. The summed E-state index contributed by atoms with van der Waals surface area (Å²) in [6, 6.07) is 13.5. The molecule has 46 heavy (non-hydrogen) atoms. The van der Waals surface area contributed by atoms with Gasteiger partial charge in [-0.2, -0.15) is 4.31 Å². The summed E-state index contributed by atoms with van der Waals surface area (Å²) >= 11 is 0. The van der Waals surface area contributed by atoms with Crippen molar-refractivity contribution in [1.29, 1.82) is 0 Å². The molecule has 250 valence electrons. The molecule has 0 saturated heterocycles. The number of carbonyl (C=O) groups excluding carboxylic acids is 1. The summed E-state index contributed by atoms with van der Waals surface area (Å²) in [6.45, 7) is 0.492. The van der Waals surface area contributed by atoms with Crippen molar-refractivity contribution in [3.63, 3.8) is 0 Å². The molecule has 0 aliphatic heterocycles. The van der Waals surface area contributed by atoms with E-state index in [0.29, 0.717) is 17.0 Å². The Morgan fingerprint density at radius 2 is 1.39 bits per heavy atom. The number of likely N-dealkylation sites (N-methyl/N-ethyl adjacent to an activating group) is 1. The Kier molecular flexibility index (Phi) is 11.4. The van der Waals surface area contributed by atoms with Gasteiger partial charge in [-0.1, -0.05) is 55.7 Å². The van der Waals surface area contributed by atoms with Crippen LogP contribution in [0.1, 0.15) is 61.6 Å². The summed E-state index contributed by atoms with van der Waals surface area (Å²) in [5.74, 6) is -13.0. The van der Waals surface area contributed by atoms with Crippen molar-refractivity contribution < 1.29 is 49.1 Å². The highest BCUT2D eigenvalue weighted by Gasteiger charge is 2.37. The minimum absolute atomic E-state index is 0.0229. The van der Waals surface area contributed by atoms with Crippen LogP contribution >= 0.6 is 7.60 Å². The second-order valence-corrected chi connectivity index (χ2v) is 14.9. The monoisotopic (exact) mass is 688 g/mol. The van der Waals surface area contributed by atoms with Gasteiger partial charge in [-0.05, 0) is 54.5 Å². The molecule has 1 unspecified atom stereocenters. The third-order valence-electron chi connectivity index (χ3n) is 7.85. The van der Waals surface area contributed by atoms with E-state index in [4.69, 9.17) is 4.52 Å². The summed E-state index contributed by atoms with van der Waals surface area (Å²) in [6.07, 6.45) is 5.32. The lowest BCUT2D eigenvalue weighted by Crippen LogP contribution is -2.41. The zero-order valence-electron chi connectivity index (χ0n) is 25.2. The zero-order chi connectivity index (χ0) is 33.8. The first-order valence-electron chi connectivity index (χ1n) is 14.6. The Morgan fingerprint density at radius 1 is 0.870 bits per heavy atom. The molecule has 0 heterocycles. The van der Waals surface area contributed by atoms with Crippen molar-refractivity contribution in [3.8, 4) is 0 Å². The molecule has 15 heteroatoms. The van der Waals surface area contributed by atoms with Gasteiger partial charge in [0.2, 0.25) is 21.7 Å². The van der Waals surface area contributed by atoms with Crippen molar-refractivity contribution in [2.24, 2.45) is 0 Å². The van der Waals surface area contributed by atoms with Crippen LogP contribution in [-0.4, -0.2) is 43.7 Å². The van der Waals surface area contributed by atoms with Gasteiger partial charge in [0.05, 0.1) is 25.9 Å². The number of rotatable bonds is 12. The molecule has 1 N–H and O–H groups in total. The molecule has 3 aromatic carbocycles. The van der Waals surface area contributed by atoms with E-state index >= 15 is 0 Å². The van der Waals surface area contributed by atoms with Gasteiger partial charge in [-0.25, -0.2) is 30.4 Å². The minimum Gasteiger partial charge on any atom is -0.324 e. The van der Waals surface area contributed by atoms with Gasteiger partial charge >= 0.3 is 7.60 Å². The molecule has 4 rings (SSSR count). The normalized spacial score (nSPS) is 15.6. The van der Waals surface area contributed by atoms with Gasteiger partial charge in [-0.15, -0.1) is 0 Å². The molecule has 1 saturated carbocycles. The molecular formula is C31H34F5N2O6PS. The van der Waals surface area contributed by atoms with E-state index in [1.165, 1.54) is 35.6 Å².